The van der Waals surface area contributed by atoms with Crippen LogP contribution < -0.4 is 5.32 Å². The lowest BCUT2D eigenvalue weighted by Crippen LogP contribution is -2.04. The third-order valence-electron chi connectivity index (χ3n) is 3.29. The van der Waals surface area contributed by atoms with Gasteiger partial charge in [0, 0.05) is 29.3 Å². The Morgan fingerprint density at radius 3 is 2.33 bits per heavy atom. The first kappa shape index (κ1) is 14.1. The number of halogens is 4. The summed E-state index contributed by atoms with van der Waals surface area (Å²) in [5, 5.41) is 3.05. The summed E-state index contributed by atoms with van der Waals surface area (Å²) in [5.74, 6) is -2.78. The molecule has 1 N–H and O–H groups in total. The number of hydrogen-bond acceptors (Lipinski definition) is 3. The molecule has 1 aliphatic rings. The van der Waals surface area contributed by atoms with E-state index in [1.165, 1.54) is 0 Å². The van der Waals surface area contributed by atoms with Crippen LogP contribution in [0.5, 0.6) is 0 Å². The van der Waals surface area contributed by atoms with Gasteiger partial charge in [-0.25, -0.2) is 23.1 Å². The van der Waals surface area contributed by atoms with E-state index in [4.69, 9.17) is 11.6 Å². The van der Waals surface area contributed by atoms with Gasteiger partial charge in [-0.2, -0.15) is 0 Å². The Morgan fingerprint density at radius 2 is 1.76 bits per heavy atom. The zero-order valence-corrected chi connectivity index (χ0v) is 11.8. The molecule has 1 aromatic carbocycles. The van der Waals surface area contributed by atoms with Crippen LogP contribution in [0.15, 0.2) is 12.1 Å². The number of benzene rings is 1. The summed E-state index contributed by atoms with van der Waals surface area (Å²) in [6, 6.07) is 1.73. The van der Waals surface area contributed by atoms with Gasteiger partial charge in [0.1, 0.15) is 16.8 Å². The zero-order chi connectivity index (χ0) is 15.1. The van der Waals surface area contributed by atoms with Gasteiger partial charge in [0.15, 0.2) is 17.5 Å². The Bertz CT molecular complexity index is 694. The minimum Gasteiger partial charge on any atom is -0.340 e. The summed E-state index contributed by atoms with van der Waals surface area (Å²) < 4.78 is 39.4. The summed E-state index contributed by atoms with van der Waals surface area (Å²) in [4.78, 5) is 8.52. The Hall–Kier alpha value is -1.82. The maximum Gasteiger partial charge on any atom is 0.194 e. The third kappa shape index (κ3) is 2.81. The topological polar surface area (TPSA) is 37.8 Å². The van der Waals surface area contributed by atoms with Gasteiger partial charge in [-0.1, -0.05) is 11.6 Å². The van der Waals surface area contributed by atoms with Crippen molar-refractivity contribution in [2.75, 3.05) is 5.32 Å². The number of rotatable bonds is 3. The molecule has 1 heterocycles. The number of anilines is 2. The molecule has 0 atom stereocenters. The Morgan fingerprint density at radius 1 is 1.14 bits per heavy atom. The SMILES string of the molecule is Cc1c(Cl)nc(C2CC2)nc1Nc1cc(F)c(F)c(F)c1. The second kappa shape index (κ2) is 5.18. The molecule has 0 saturated heterocycles. The van der Waals surface area contributed by atoms with Gasteiger partial charge in [0.05, 0.1) is 0 Å². The van der Waals surface area contributed by atoms with Crippen molar-refractivity contribution >= 4 is 23.1 Å². The Kier molecular flexibility index (Phi) is 3.49. The summed E-state index contributed by atoms with van der Waals surface area (Å²) in [6.07, 6.45) is 2.00. The van der Waals surface area contributed by atoms with Crippen LogP contribution in [0.3, 0.4) is 0 Å². The monoisotopic (exact) mass is 313 g/mol. The normalized spacial score (nSPS) is 14.3. The molecule has 1 aromatic heterocycles. The smallest absolute Gasteiger partial charge is 0.194 e. The number of nitrogens with one attached hydrogen (secondary N) is 1. The molecule has 3 rings (SSSR count). The second-order valence-electron chi connectivity index (χ2n) is 5.00. The molecule has 1 aliphatic carbocycles. The largest absolute Gasteiger partial charge is 0.340 e. The van der Waals surface area contributed by atoms with Crippen molar-refractivity contribution in [1.82, 2.24) is 9.97 Å². The van der Waals surface area contributed by atoms with Crippen LogP contribution in [0.4, 0.5) is 24.7 Å². The minimum absolute atomic E-state index is 0.0611. The van der Waals surface area contributed by atoms with Crippen molar-refractivity contribution in [3.8, 4) is 0 Å². The summed E-state index contributed by atoms with van der Waals surface area (Å²) in [7, 11) is 0. The minimum atomic E-state index is -1.50. The summed E-state index contributed by atoms with van der Waals surface area (Å²) in [6.45, 7) is 1.69. The number of nitrogens with zero attached hydrogens (tertiary/aromatic N) is 2. The van der Waals surface area contributed by atoms with Crippen LogP contribution in [-0.2, 0) is 0 Å². The predicted molar refractivity (Wildman–Crippen MR) is 73.4 cm³/mol. The summed E-state index contributed by atoms with van der Waals surface area (Å²) >= 11 is 6.05. The van der Waals surface area contributed by atoms with Crippen LogP contribution in [0, 0.1) is 24.4 Å². The van der Waals surface area contributed by atoms with E-state index in [-0.39, 0.29) is 16.8 Å². The molecule has 0 radical (unpaired) electrons. The van der Waals surface area contributed by atoms with Gasteiger partial charge >= 0.3 is 0 Å². The van der Waals surface area contributed by atoms with E-state index in [0.29, 0.717) is 17.2 Å². The maximum absolute atomic E-state index is 13.2. The van der Waals surface area contributed by atoms with E-state index in [1.54, 1.807) is 6.92 Å². The van der Waals surface area contributed by atoms with Crippen LogP contribution >= 0.6 is 11.6 Å². The van der Waals surface area contributed by atoms with E-state index in [2.05, 4.69) is 15.3 Å². The fourth-order valence-electron chi connectivity index (χ4n) is 1.92. The molecule has 3 nitrogen and oxygen atoms in total. The van der Waals surface area contributed by atoms with Crippen LogP contribution in [0.1, 0.15) is 30.1 Å². The van der Waals surface area contributed by atoms with Gasteiger partial charge in [0.2, 0.25) is 0 Å². The van der Waals surface area contributed by atoms with Gasteiger partial charge in [0.25, 0.3) is 0 Å². The lowest BCUT2D eigenvalue weighted by Gasteiger charge is -2.11. The first-order valence-corrected chi connectivity index (χ1v) is 6.79. The summed E-state index contributed by atoms with van der Waals surface area (Å²) in [5.41, 5.74) is 0.622. The zero-order valence-electron chi connectivity index (χ0n) is 11.1. The Balaban J connectivity index is 1.97. The fraction of sp³-hybridized carbons (Fsp3) is 0.286. The maximum atomic E-state index is 13.2. The molecule has 0 unspecified atom stereocenters. The van der Waals surface area contributed by atoms with E-state index in [9.17, 15) is 13.2 Å². The predicted octanol–water partition coefficient (Wildman–Crippen LogP) is 4.48. The standard InChI is InChI=1S/C14H11ClF3N3/c1-6-12(15)20-14(7-2-3-7)21-13(6)19-8-4-9(16)11(18)10(17)5-8/h4-5,7H,2-3H2,1H3,(H,19,20,21). The lowest BCUT2D eigenvalue weighted by molar-refractivity contribution is 0.448. The van der Waals surface area contributed by atoms with Gasteiger partial charge < -0.3 is 5.32 Å². The number of hydrogen-bond donors (Lipinski definition) is 1. The molecule has 110 valence electrons. The second-order valence-corrected chi connectivity index (χ2v) is 5.36. The highest BCUT2D eigenvalue weighted by Gasteiger charge is 2.28. The quantitative estimate of drug-likeness (QED) is 0.671. The fourth-order valence-corrected chi connectivity index (χ4v) is 2.09. The van der Waals surface area contributed by atoms with Crippen LogP contribution in [0.25, 0.3) is 0 Å². The molecule has 1 saturated carbocycles. The molecule has 21 heavy (non-hydrogen) atoms. The number of aromatic nitrogens is 2. The van der Waals surface area contributed by atoms with E-state index >= 15 is 0 Å². The van der Waals surface area contributed by atoms with Gasteiger partial charge in [-0.3, -0.25) is 0 Å². The molecule has 7 heteroatoms. The molecule has 0 bridgehead atoms. The highest BCUT2D eigenvalue weighted by molar-refractivity contribution is 6.30. The first-order chi connectivity index (χ1) is 9.95. The molecule has 0 spiro atoms. The van der Waals surface area contributed by atoms with E-state index < -0.39 is 17.5 Å². The third-order valence-corrected chi connectivity index (χ3v) is 3.66. The average molecular weight is 314 g/mol. The molecule has 1 fully saturated rings. The molecule has 2 aromatic rings. The molecule has 0 amide bonds. The Labute approximate surface area is 124 Å². The van der Waals surface area contributed by atoms with Gasteiger partial charge in [-0.05, 0) is 19.8 Å². The highest BCUT2D eigenvalue weighted by Crippen LogP contribution is 2.39. The van der Waals surface area contributed by atoms with E-state index in [0.717, 1.165) is 25.0 Å². The molecular weight excluding hydrogens is 303 g/mol. The highest BCUT2D eigenvalue weighted by atomic mass is 35.5. The lowest BCUT2D eigenvalue weighted by atomic mass is 10.2. The molecular formula is C14H11ClF3N3. The van der Waals surface area contributed by atoms with Crippen molar-refractivity contribution in [2.24, 2.45) is 0 Å². The van der Waals surface area contributed by atoms with Crippen LogP contribution in [-0.4, -0.2) is 9.97 Å². The van der Waals surface area contributed by atoms with Crippen molar-refractivity contribution < 1.29 is 13.2 Å². The average Bonchev–Trinajstić information content (AvgIpc) is 3.25. The van der Waals surface area contributed by atoms with Crippen molar-refractivity contribution in [3.63, 3.8) is 0 Å². The molecule has 0 aliphatic heterocycles. The van der Waals surface area contributed by atoms with Crippen molar-refractivity contribution in [3.05, 3.63) is 46.1 Å². The van der Waals surface area contributed by atoms with E-state index in [1.807, 2.05) is 0 Å². The first-order valence-electron chi connectivity index (χ1n) is 6.41. The van der Waals surface area contributed by atoms with Crippen molar-refractivity contribution in [1.29, 1.82) is 0 Å². The van der Waals surface area contributed by atoms with Gasteiger partial charge in [-0.15, -0.1) is 0 Å². The van der Waals surface area contributed by atoms with Crippen LogP contribution in [0.2, 0.25) is 5.15 Å². The van der Waals surface area contributed by atoms with Crippen molar-refractivity contribution in [2.45, 2.75) is 25.7 Å².